The number of pyridine rings is 1. The summed E-state index contributed by atoms with van der Waals surface area (Å²) >= 11 is 0. The van der Waals surface area contributed by atoms with Crippen LogP contribution < -0.4 is 14.9 Å². The summed E-state index contributed by atoms with van der Waals surface area (Å²) in [7, 11) is 0.398. The quantitative estimate of drug-likeness (QED) is 0.182. The number of benzene rings is 4. The molecule has 1 aromatic heterocycles. The highest BCUT2D eigenvalue weighted by atomic mass is 28.3. The van der Waals surface area contributed by atoms with Crippen LogP contribution in [-0.4, -0.2) is 8.07 Å². The molecule has 0 amide bonds. The highest BCUT2D eigenvalue weighted by Crippen LogP contribution is 2.36. The first-order valence-electron chi connectivity index (χ1n) is 13.0. The van der Waals surface area contributed by atoms with Gasteiger partial charge >= 0.3 is 0 Å². The van der Waals surface area contributed by atoms with Gasteiger partial charge in [-0.2, -0.15) is 0 Å². The van der Waals surface area contributed by atoms with E-state index in [1.807, 2.05) is 0 Å². The van der Waals surface area contributed by atoms with Crippen LogP contribution in [0.3, 0.4) is 0 Å². The molecule has 0 aliphatic heterocycles. The van der Waals surface area contributed by atoms with Crippen LogP contribution in [0, 0.1) is 6.92 Å². The third kappa shape index (κ3) is 4.31. The van der Waals surface area contributed by atoms with E-state index in [9.17, 15) is 0 Å². The van der Waals surface area contributed by atoms with Crippen LogP contribution in [-0.2, 0) is 7.05 Å². The van der Waals surface area contributed by atoms with Crippen molar-refractivity contribution in [1.82, 2.24) is 0 Å². The first-order valence-corrected chi connectivity index (χ1v) is 16.0. The van der Waals surface area contributed by atoms with Crippen molar-refractivity contribution in [3.63, 3.8) is 0 Å². The number of nitrogens with zero attached hydrogens (tertiary/aromatic N) is 1. The second-order valence-electron chi connectivity index (χ2n) is 10.8. The molecule has 2 heteroatoms. The number of rotatable bonds is 5. The molecule has 0 aliphatic rings. The summed E-state index contributed by atoms with van der Waals surface area (Å²) in [6.07, 6.45) is 2.22. The zero-order chi connectivity index (χ0) is 25.4. The van der Waals surface area contributed by atoms with Gasteiger partial charge in [0, 0.05) is 6.07 Å². The highest BCUT2D eigenvalue weighted by molar-refractivity contribution is 7.00. The Labute approximate surface area is 217 Å². The third-order valence-electron chi connectivity index (χ3n) is 7.79. The van der Waals surface area contributed by atoms with Gasteiger partial charge in [0.25, 0.3) is 0 Å². The summed E-state index contributed by atoms with van der Waals surface area (Å²) in [4.78, 5) is 0. The van der Waals surface area contributed by atoms with Crippen molar-refractivity contribution >= 4 is 29.2 Å². The van der Waals surface area contributed by atoms with E-state index in [1.54, 1.807) is 0 Å². The molecule has 36 heavy (non-hydrogen) atoms. The summed E-state index contributed by atoms with van der Waals surface area (Å²) < 4.78 is 2.29. The topological polar surface area (TPSA) is 3.88 Å². The van der Waals surface area contributed by atoms with Gasteiger partial charge in [-0.1, -0.05) is 116 Å². The molecular weight excluding hydrogens is 450 g/mol. The Bertz CT molecular complexity index is 1530. The Kier molecular flexibility index (Phi) is 6.40. The normalized spacial score (nSPS) is 11.9. The molecule has 0 saturated heterocycles. The van der Waals surface area contributed by atoms with Crippen molar-refractivity contribution in [3.8, 4) is 22.4 Å². The van der Waals surface area contributed by atoms with Gasteiger partial charge in [-0.05, 0) is 52.6 Å². The molecule has 5 aromatic rings. The Morgan fingerprint density at radius 1 is 0.694 bits per heavy atom. The molecule has 1 nitrogen and oxygen atoms in total. The van der Waals surface area contributed by atoms with Gasteiger partial charge in [0.2, 0.25) is 5.69 Å². The summed E-state index contributed by atoms with van der Waals surface area (Å²) in [5, 5.41) is 5.56. The van der Waals surface area contributed by atoms with Crippen LogP contribution >= 0.6 is 0 Å². The largest absolute Gasteiger partial charge is 0.220 e. The van der Waals surface area contributed by atoms with Crippen molar-refractivity contribution in [2.45, 2.75) is 39.8 Å². The third-order valence-corrected chi connectivity index (χ3v) is 11.3. The van der Waals surface area contributed by atoms with E-state index in [0.29, 0.717) is 5.92 Å². The molecule has 0 spiro atoms. The van der Waals surface area contributed by atoms with Crippen molar-refractivity contribution < 1.29 is 4.57 Å². The lowest BCUT2D eigenvalue weighted by atomic mass is 9.87. The van der Waals surface area contributed by atoms with Crippen molar-refractivity contribution in [2.24, 2.45) is 7.05 Å². The lowest BCUT2D eigenvalue weighted by molar-refractivity contribution is -0.659. The number of fused-ring (bicyclic) bond motifs is 1. The van der Waals surface area contributed by atoms with Crippen LogP contribution in [0.15, 0.2) is 103 Å². The molecule has 0 fully saturated rings. The predicted molar refractivity (Wildman–Crippen MR) is 158 cm³/mol. The minimum atomic E-state index is -1.78. The van der Waals surface area contributed by atoms with Crippen LogP contribution in [0.1, 0.15) is 30.9 Å². The maximum absolute atomic E-state index is 2.45. The van der Waals surface area contributed by atoms with Crippen LogP contribution in [0.4, 0.5) is 0 Å². The first-order chi connectivity index (χ1) is 17.3. The molecule has 4 aromatic carbocycles. The zero-order valence-electron chi connectivity index (χ0n) is 22.3. The molecule has 0 atom stereocenters. The van der Waals surface area contributed by atoms with Crippen molar-refractivity contribution in [2.75, 3.05) is 0 Å². The molecule has 1 heterocycles. The Balaban J connectivity index is 1.73. The van der Waals surface area contributed by atoms with Gasteiger partial charge in [-0.15, -0.1) is 0 Å². The Morgan fingerprint density at radius 2 is 1.36 bits per heavy atom. The molecule has 5 rings (SSSR count). The Morgan fingerprint density at radius 3 is 2.03 bits per heavy atom. The number of aryl methyl sites for hydroxylation is 1. The average Bonchev–Trinajstić information content (AvgIpc) is 2.89. The predicted octanol–water partition coefficient (Wildman–Crippen LogP) is 7.25. The molecule has 0 unspecified atom stereocenters. The summed E-state index contributed by atoms with van der Waals surface area (Å²) in [6.45, 7) is 11.8. The van der Waals surface area contributed by atoms with E-state index in [1.165, 1.54) is 54.7 Å². The van der Waals surface area contributed by atoms with Crippen LogP contribution in [0.5, 0.6) is 0 Å². The maximum atomic E-state index is 2.45. The van der Waals surface area contributed by atoms with E-state index in [0.717, 1.165) is 0 Å². The van der Waals surface area contributed by atoms with Crippen molar-refractivity contribution in [3.05, 3.63) is 114 Å². The summed E-state index contributed by atoms with van der Waals surface area (Å²) in [6, 6.07) is 36.0. The molecule has 180 valence electrons. The fourth-order valence-corrected chi connectivity index (χ4v) is 7.87. The molecule has 0 aliphatic carbocycles. The fourth-order valence-electron chi connectivity index (χ4n) is 5.50. The smallest absolute Gasteiger partial charge is 0.200 e. The van der Waals surface area contributed by atoms with Gasteiger partial charge < -0.3 is 0 Å². The van der Waals surface area contributed by atoms with Gasteiger partial charge in [0.1, 0.15) is 15.1 Å². The second kappa shape index (κ2) is 9.52. The number of aromatic nitrogens is 1. The molecule has 0 radical (unpaired) electrons. The van der Waals surface area contributed by atoms with Crippen LogP contribution in [0.2, 0.25) is 13.1 Å². The SMILES string of the molecule is Cc1c(-c2c3ccc([Si](C)(C)c4ccccc4)cc3cc[n+]2C)cc(-c2ccccc2)cc1C(C)C. The fraction of sp³-hybridized carbons (Fsp3) is 0.206. The number of hydrogen-bond donors (Lipinski definition) is 0. The Hall–Kier alpha value is -3.49. The second-order valence-corrected chi connectivity index (χ2v) is 15.2. The van der Waals surface area contributed by atoms with E-state index in [4.69, 9.17) is 0 Å². The molecule has 0 bridgehead atoms. The van der Waals surface area contributed by atoms with E-state index >= 15 is 0 Å². The zero-order valence-corrected chi connectivity index (χ0v) is 23.3. The molecular formula is C34H36NSi+. The van der Waals surface area contributed by atoms with Crippen molar-refractivity contribution in [1.29, 1.82) is 0 Å². The average molecular weight is 487 g/mol. The van der Waals surface area contributed by atoms with E-state index < -0.39 is 8.07 Å². The van der Waals surface area contributed by atoms with Gasteiger partial charge in [0.15, 0.2) is 6.20 Å². The lowest BCUT2D eigenvalue weighted by Crippen LogP contribution is -2.52. The van der Waals surface area contributed by atoms with Gasteiger partial charge in [0.05, 0.1) is 10.9 Å². The molecule has 0 saturated carbocycles. The minimum absolute atomic E-state index is 0.456. The van der Waals surface area contributed by atoms with Gasteiger partial charge in [-0.3, -0.25) is 0 Å². The minimum Gasteiger partial charge on any atom is -0.200 e. The summed E-state index contributed by atoms with van der Waals surface area (Å²) in [5.41, 5.74) is 7.94. The number of hydrogen-bond acceptors (Lipinski definition) is 0. The lowest BCUT2D eigenvalue weighted by Gasteiger charge is -2.24. The van der Waals surface area contributed by atoms with Gasteiger partial charge in [-0.25, -0.2) is 4.57 Å². The monoisotopic (exact) mass is 486 g/mol. The molecule has 0 N–H and O–H groups in total. The summed E-state index contributed by atoms with van der Waals surface area (Å²) in [5.74, 6) is 0.456. The standard InChI is InChI=1S/C34H36NSi/c1-24(2)32-22-28(26-13-9-7-10-14-26)23-33(25(32)3)34-31-18-17-30(21-27(31)19-20-35(34)4)36(5,6)29-15-11-8-12-16-29/h7-24H,1-6H3/q+1. The maximum Gasteiger partial charge on any atom is 0.220 e. The first kappa shape index (κ1) is 24.2. The van der Waals surface area contributed by atoms with E-state index in [2.05, 4.69) is 149 Å². The highest BCUT2D eigenvalue weighted by Gasteiger charge is 2.27. The van der Waals surface area contributed by atoms with E-state index in [-0.39, 0.29) is 0 Å². The van der Waals surface area contributed by atoms with Crippen LogP contribution in [0.25, 0.3) is 33.2 Å².